The molecule has 0 atom stereocenters. The van der Waals surface area contributed by atoms with E-state index in [2.05, 4.69) is 32.4 Å². The third-order valence-corrected chi connectivity index (χ3v) is 5.79. The van der Waals surface area contributed by atoms with E-state index >= 15 is 0 Å². The zero-order valence-electron chi connectivity index (χ0n) is 16.9. The summed E-state index contributed by atoms with van der Waals surface area (Å²) >= 11 is 0. The Kier molecular flexibility index (Phi) is 6.10. The van der Waals surface area contributed by atoms with E-state index in [0.717, 1.165) is 49.3 Å². The summed E-state index contributed by atoms with van der Waals surface area (Å²) in [5, 5.41) is 4.27. The van der Waals surface area contributed by atoms with Gasteiger partial charge in [0.15, 0.2) is 0 Å². The lowest BCUT2D eigenvalue weighted by molar-refractivity contribution is -0.122. The van der Waals surface area contributed by atoms with Crippen molar-refractivity contribution in [1.82, 2.24) is 20.2 Å². The quantitative estimate of drug-likeness (QED) is 0.648. The first-order valence-electron chi connectivity index (χ1n) is 10.3. The van der Waals surface area contributed by atoms with Crippen LogP contribution in [-0.4, -0.2) is 54.1 Å². The molecule has 152 valence electrons. The van der Waals surface area contributed by atoms with Gasteiger partial charge in [-0.1, -0.05) is 18.2 Å². The number of para-hydroxylation sites is 1. The molecule has 1 saturated heterocycles. The maximum Gasteiger partial charge on any atom is 0.234 e. The molecule has 2 aromatic heterocycles. The second-order valence-electron chi connectivity index (χ2n) is 7.61. The number of methoxy groups -OCH3 is 1. The molecule has 0 aliphatic carbocycles. The van der Waals surface area contributed by atoms with Crippen LogP contribution in [0.1, 0.15) is 29.9 Å². The van der Waals surface area contributed by atoms with Gasteiger partial charge in [-0.25, -0.2) is 4.98 Å². The Bertz CT molecular complexity index is 960. The van der Waals surface area contributed by atoms with Crippen LogP contribution in [-0.2, 0) is 11.2 Å². The third-order valence-electron chi connectivity index (χ3n) is 5.79. The largest absolute Gasteiger partial charge is 0.496 e. The molecule has 4 rings (SSSR count). The number of aromatic nitrogens is 2. The highest BCUT2D eigenvalue weighted by molar-refractivity contribution is 5.80. The summed E-state index contributed by atoms with van der Waals surface area (Å²) in [6.07, 6.45) is 6.82. The van der Waals surface area contributed by atoms with Crippen LogP contribution in [0.5, 0.6) is 5.75 Å². The topological polar surface area (TPSA) is 70.2 Å². The minimum absolute atomic E-state index is 0.0923. The van der Waals surface area contributed by atoms with Gasteiger partial charge in [-0.3, -0.25) is 9.69 Å². The van der Waals surface area contributed by atoms with Crippen LogP contribution in [0.25, 0.3) is 11.0 Å². The van der Waals surface area contributed by atoms with Crippen LogP contribution in [0, 0.1) is 0 Å². The number of nitrogens with one attached hydrogen (secondary N) is 2. The summed E-state index contributed by atoms with van der Waals surface area (Å²) < 4.78 is 5.36. The van der Waals surface area contributed by atoms with Crippen molar-refractivity contribution in [1.29, 1.82) is 0 Å². The standard InChI is InChI=1S/C23H28N4O2/c1-29-21-7-3-2-5-18(21)8-12-24-22(28)16-27-13-9-17(10-14-27)20-15-26-23-19(20)6-4-11-25-23/h2-7,11,15,17H,8-10,12-14,16H2,1H3,(H,24,28)(H,25,26). The number of amides is 1. The number of rotatable bonds is 7. The van der Waals surface area contributed by atoms with Gasteiger partial charge in [-0.2, -0.15) is 0 Å². The van der Waals surface area contributed by atoms with Crippen LogP contribution < -0.4 is 10.1 Å². The van der Waals surface area contributed by atoms with Gasteiger partial charge >= 0.3 is 0 Å². The number of pyridine rings is 1. The summed E-state index contributed by atoms with van der Waals surface area (Å²) in [7, 11) is 1.67. The predicted molar refractivity (Wildman–Crippen MR) is 114 cm³/mol. The Balaban J connectivity index is 1.23. The summed E-state index contributed by atoms with van der Waals surface area (Å²) in [5.74, 6) is 1.49. The zero-order valence-corrected chi connectivity index (χ0v) is 16.9. The molecule has 1 aliphatic heterocycles. The maximum atomic E-state index is 12.3. The van der Waals surface area contributed by atoms with E-state index in [1.807, 2.05) is 36.5 Å². The van der Waals surface area contributed by atoms with Crippen LogP contribution >= 0.6 is 0 Å². The van der Waals surface area contributed by atoms with Gasteiger partial charge in [0.1, 0.15) is 11.4 Å². The Morgan fingerprint density at radius 2 is 2.07 bits per heavy atom. The first-order valence-corrected chi connectivity index (χ1v) is 10.3. The normalized spacial score (nSPS) is 15.5. The number of H-pyrrole nitrogens is 1. The predicted octanol–water partition coefficient (Wildman–Crippen LogP) is 3.11. The second kappa shape index (κ2) is 9.09. The lowest BCUT2D eigenvalue weighted by Crippen LogP contribution is -2.41. The minimum Gasteiger partial charge on any atom is -0.496 e. The molecule has 6 heteroatoms. The first-order chi connectivity index (χ1) is 14.2. The average Bonchev–Trinajstić information content (AvgIpc) is 3.19. The van der Waals surface area contributed by atoms with Gasteiger partial charge in [0.2, 0.25) is 5.91 Å². The van der Waals surface area contributed by atoms with Gasteiger partial charge in [0.05, 0.1) is 13.7 Å². The number of aromatic amines is 1. The van der Waals surface area contributed by atoms with E-state index in [4.69, 9.17) is 4.74 Å². The van der Waals surface area contributed by atoms with Crippen LogP contribution in [0.15, 0.2) is 48.8 Å². The molecular weight excluding hydrogens is 364 g/mol. The lowest BCUT2D eigenvalue weighted by Gasteiger charge is -2.31. The number of ether oxygens (including phenoxy) is 1. The van der Waals surface area contributed by atoms with Crippen molar-refractivity contribution in [2.75, 3.05) is 33.3 Å². The molecule has 1 fully saturated rings. The Morgan fingerprint density at radius 1 is 1.24 bits per heavy atom. The number of benzene rings is 1. The van der Waals surface area contributed by atoms with E-state index in [0.29, 0.717) is 19.0 Å². The first kappa shape index (κ1) is 19.5. The maximum absolute atomic E-state index is 12.3. The van der Waals surface area contributed by atoms with Crippen molar-refractivity contribution in [2.24, 2.45) is 0 Å². The molecule has 0 saturated carbocycles. The summed E-state index contributed by atoms with van der Waals surface area (Å²) in [5.41, 5.74) is 3.43. The Morgan fingerprint density at radius 3 is 2.90 bits per heavy atom. The van der Waals surface area contributed by atoms with Crippen LogP contribution in [0.2, 0.25) is 0 Å². The fourth-order valence-corrected chi connectivity index (χ4v) is 4.22. The van der Waals surface area contributed by atoms with E-state index < -0.39 is 0 Å². The fraction of sp³-hybridized carbons (Fsp3) is 0.391. The van der Waals surface area contributed by atoms with Crippen molar-refractivity contribution in [3.8, 4) is 5.75 Å². The highest BCUT2D eigenvalue weighted by Gasteiger charge is 2.24. The lowest BCUT2D eigenvalue weighted by atomic mass is 9.89. The highest BCUT2D eigenvalue weighted by Crippen LogP contribution is 2.32. The molecule has 0 bridgehead atoms. The number of likely N-dealkylation sites (tertiary alicyclic amines) is 1. The van der Waals surface area contributed by atoms with E-state index in [9.17, 15) is 4.79 Å². The molecule has 0 radical (unpaired) electrons. The molecule has 1 aliphatic rings. The fourth-order valence-electron chi connectivity index (χ4n) is 4.22. The Hall–Kier alpha value is -2.86. The molecule has 0 spiro atoms. The summed E-state index contributed by atoms with van der Waals surface area (Å²) in [4.78, 5) is 22.3. The second-order valence-corrected chi connectivity index (χ2v) is 7.61. The minimum atomic E-state index is 0.0923. The molecule has 1 amide bonds. The average molecular weight is 393 g/mol. The van der Waals surface area contributed by atoms with Crippen molar-refractivity contribution >= 4 is 16.9 Å². The third kappa shape index (κ3) is 4.59. The number of carbonyl (C=O) groups excluding carboxylic acids is 1. The number of nitrogens with zero attached hydrogens (tertiary/aromatic N) is 2. The van der Waals surface area contributed by atoms with Crippen molar-refractivity contribution in [3.05, 3.63) is 59.9 Å². The highest BCUT2D eigenvalue weighted by atomic mass is 16.5. The van der Waals surface area contributed by atoms with Gasteiger partial charge < -0.3 is 15.0 Å². The van der Waals surface area contributed by atoms with Gasteiger partial charge in [-0.15, -0.1) is 0 Å². The molecular formula is C23H28N4O2. The van der Waals surface area contributed by atoms with Gasteiger partial charge in [0, 0.05) is 24.3 Å². The molecule has 29 heavy (non-hydrogen) atoms. The van der Waals surface area contributed by atoms with Gasteiger partial charge in [-0.05, 0) is 67.6 Å². The Labute approximate surface area is 171 Å². The molecule has 0 unspecified atom stereocenters. The number of hydrogen-bond donors (Lipinski definition) is 2. The van der Waals surface area contributed by atoms with Crippen LogP contribution in [0.4, 0.5) is 0 Å². The van der Waals surface area contributed by atoms with Crippen molar-refractivity contribution in [3.63, 3.8) is 0 Å². The van der Waals surface area contributed by atoms with Crippen LogP contribution in [0.3, 0.4) is 0 Å². The number of fused-ring (bicyclic) bond motifs is 1. The molecule has 3 aromatic rings. The smallest absolute Gasteiger partial charge is 0.234 e. The van der Waals surface area contributed by atoms with Gasteiger partial charge in [0.25, 0.3) is 0 Å². The van der Waals surface area contributed by atoms with Crippen molar-refractivity contribution < 1.29 is 9.53 Å². The summed E-state index contributed by atoms with van der Waals surface area (Å²) in [6, 6.07) is 12.1. The zero-order chi connectivity index (χ0) is 20.1. The number of carbonyl (C=O) groups is 1. The van der Waals surface area contributed by atoms with E-state index in [1.165, 1.54) is 10.9 Å². The summed E-state index contributed by atoms with van der Waals surface area (Å²) in [6.45, 7) is 2.97. The molecule has 2 N–H and O–H groups in total. The molecule has 1 aromatic carbocycles. The number of hydrogen-bond acceptors (Lipinski definition) is 4. The van der Waals surface area contributed by atoms with Crippen molar-refractivity contribution in [2.45, 2.75) is 25.2 Å². The molecule has 3 heterocycles. The number of piperidine rings is 1. The molecule has 6 nitrogen and oxygen atoms in total. The SMILES string of the molecule is COc1ccccc1CCNC(=O)CN1CCC(c2c[nH]c3ncccc23)CC1. The van der Waals surface area contributed by atoms with E-state index in [-0.39, 0.29) is 5.91 Å². The monoisotopic (exact) mass is 392 g/mol. The van der Waals surface area contributed by atoms with E-state index in [1.54, 1.807) is 7.11 Å².